The van der Waals surface area contributed by atoms with Crippen LogP contribution in [-0.2, 0) is 7.05 Å². The summed E-state index contributed by atoms with van der Waals surface area (Å²) in [4.78, 5) is 3.94. The van der Waals surface area contributed by atoms with Crippen molar-refractivity contribution < 1.29 is 7.31 Å². The van der Waals surface area contributed by atoms with Crippen molar-refractivity contribution in [2.24, 2.45) is 7.05 Å². The van der Waals surface area contributed by atoms with E-state index in [9.17, 15) is 0 Å². The second-order valence-corrected chi connectivity index (χ2v) is 9.53. The number of rotatable bonds is 3. The number of nitrogens with zero attached hydrogens (tertiary/aromatic N) is 3. The number of para-hydroxylation sites is 1. The lowest BCUT2D eigenvalue weighted by Crippen LogP contribution is -2.35. The Morgan fingerprint density at radius 2 is 1.38 bits per heavy atom. The van der Waals surface area contributed by atoms with Crippen molar-refractivity contribution in [3.63, 3.8) is 0 Å². The highest BCUT2D eigenvalue weighted by Gasteiger charge is 2.26. The molecule has 0 fully saturated rings. The molecule has 178 valence electrons. The van der Waals surface area contributed by atoms with Gasteiger partial charge in [-0.25, -0.2) is 4.85 Å². The van der Waals surface area contributed by atoms with E-state index in [0.717, 1.165) is 61.1 Å². The van der Waals surface area contributed by atoms with E-state index in [1.807, 2.05) is 67.9 Å². The molecule has 0 unspecified atom stereocenters. The van der Waals surface area contributed by atoms with E-state index < -0.39 is 0 Å². The van der Waals surface area contributed by atoms with E-state index in [-0.39, 0.29) is 0 Å². The lowest BCUT2D eigenvalue weighted by Gasteiger charge is -2.15. The van der Waals surface area contributed by atoms with Gasteiger partial charge in [0.2, 0.25) is 5.69 Å². The van der Waals surface area contributed by atoms with Gasteiger partial charge in [0.25, 0.3) is 0 Å². The first-order valence-corrected chi connectivity index (χ1v) is 12.4. The van der Waals surface area contributed by atoms with Gasteiger partial charge in [-0.1, -0.05) is 72.8 Å². The first-order valence-electron chi connectivity index (χ1n) is 13.4. The Morgan fingerprint density at radius 1 is 0.757 bits per heavy atom. The zero-order chi connectivity index (χ0) is 27.4. The molecule has 0 aliphatic rings. The second-order valence-electron chi connectivity index (χ2n) is 9.53. The van der Waals surface area contributed by atoms with Gasteiger partial charge in [0.05, 0.1) is 25.9 Å². The molecule has 2 heterocycles. The molecule has 6 rings (SSSR count). The molecule has 0 radical (unpaired) electrons. The third-order valence-electron chi connectivity index (χ3n) is 7.23. The predicted octanol–water partition coefficient (Wildman–Crippen LogP) is 8.42. The number of benzene rings is 4. The number of aryl methyl sites for hydroxylation is 1. The summed E-state index contributed by atoms with van der Waals surface area (Å²) < 4.78 is 22.0. The van der Waals surface area contributed by atoms with Crippen LogP contribution in [0.2, 0.25) is 0 Å². The fraction of sp³-hybridized carbons (Fsp3) is 0.118. The number of pyridine rings is 1. The molecule has 3 heteroatoms. The Kier molecular flexibility index (Phi) is 4.86. The minimum absolute atomic E-state index is 0.360. The van der Waals surface area contributed by atoms with Crippen LogP contribution >= 0.6 is 0 Å². The summed E-state index contributed by atoms with van der Waals surface area (Å²) in [6.45, 7) is 13.9. The van der Waals surface area contributed by atoms with Crippen molar-refractivity contribution >= 4 is 27.5 Å². The smallest absolute Gasteiger partial charge is 0.215 e. The maximum absolute atomic E-state index is 9.14. The Morgan fingerprint density at radius 3 is 2.05 bits per heavy atom. The molecule has 0 amide bonds. The molecule has 0 saturated heterocycles. The van der Waals surface area contributed by atoms with Gasteiger partial charge in [-0.3, -0.25) is 0 Å². The van der Waals surface area contributed by atoms with Crippen LogP contribution in [0.1, 0.15) is 19.6 Å². The fourth-order valence-electron chi connectivity index (χ4n) is 5.45. The third kappa shape index (κ3) is 3.53. The summed E-state index contributed by atoms with van der Waals surface area (Å²) in [7, 11) is 1.94. The Balaban J connectivity index is 1.92. The van der Waals surface area contributed by atoms with Crippen molar-refractivity contribution in [2.45, 2.75) is 20.8 Å². The van der Waals surface area contributed by atoms with E-state index in [2.05, 4.69) is 58.8 Å². The highest BCUT2D eigenvalue weighted by Crippen LogP contribution is 2.45. The quantitative estimate of drug-likeness (QED) is 0.178. The molecule has 0 spiro atoms. The summed E-state index contributed by atoms with van der Waals surface area (Å²) >= 11 is 0. The van der Waals surface area contributed by atoms with Crippen molar-refractivity contribution in [3.05, 3.63) is 125 Å². The topological polar surface area (TPSA) is 13.2 Å². The van der Waals surface area contributed by atoms with Crippen molar-refractivity contribution in [1.29, 1.82) is 0 Å². The first-order chi connectivity index (χ1) is 18.8. The van der Waals surface area contributed by atoms with E-state index in [1.165, 1.54) is 0 Å². The summed E-state index contributed by atoms with van der Waals surface area (Å²) in [5.74, 6) is 0. The SMILES string of the molecule is [2H]c1c(C)c([2H])c(-c2c(C)ccc3c4ccc([N+]#[C-])c(-c5ccccc5)c4n(-c4ccccc4)c23)[n+](C)c1C. The Bertz CT molecular complexity index is 1940. The normalized spacial score (nSPS) is 12.0. The number of hydrogen-bond donors (Lipinski definition) is 0. The zero-order valence-electron chi connectivity index (χ0n) is 23.4. The molecule has 37 heavy (non-hydrogen) atoms. The van der Waals surface area contributed by atoms with Gasteiger partial charge >= 0.3 is 0 Å². The molecular weight excluding hydrogens is 450 g/mol. The lowest BCUT2D eigenvalue weighted by molar-refractivity contribution is -0.666. The van der Waals surface area contributed by atoms with Crippen LogP contribution in [0.25, 0.3) is 54.7 Å². The van der Waals surface area contributed by atoms with Crippen molar-refractivity contribution in [1.82, 2.24) is 4.57 Å². The Labute approximate surface area is 220 Å². The Hall–Kier alpha value is -4.68. The standard InChI is InChI=1S/C34H28N3/c1-22-20-24(3)36(5)30(21-22)31-23(2)16-17-27-28-18-19-29(35-4)32(25-12-8-6-9-13-25)34(28)37(33(27)31)26-14-10-7-11-15-26/h6-21H,1-3,5H3/q+1/i20D,21D. The first kappa shape index (κ1) is 20.5. The van der Waals surface area contributed by atoms with E-state index in [1.54, 1.807) is 0 Å². The summed E-state index contributed by atoms with van der Waals surface area (Å²) in [6.07, 6.45) is 0. The molecule has 0 atom stereocenters. The van der Waals surface area contributed by atoms with Crippen LogP contribution in [0.4, 0.5) is 5.69 Å². The third-order valence-corrected chi connectivity index (χ3v) is 7.23. The molecule has 6 aromatic rings. The van der Waals surface area contributed by atoms with Crippen LogP contribution in [0.15, 0.2) is 97.0 Å². The molecule has 0 bridgehead atoms. The van der Waals surface area contributed by atoms with E-state index in [0.29, 0.717) is 23.3 Å². The highest BCUT2D eigenvalue weighted by molar-refractivity contribution is 6.19. The average molecular weight is 481 g/mol. The van der Waals surface area contributed by atoms with Gasteiger partial charge in [-0.15, -0.1) is 0 Å². The van der Waals surface area contributed by atoms with E-state index >= 15 is 0 Å². The summed E-state index contributed by atoms with van der Waals surface area (Å²) in [5, 5.41) is 2.12. The van der Waals surface area contributed by atoms with Crippen LogP contribution in [0.3, 0.4) is 0 Å². The summed E-state index contributed by atoms with van der Waals surface area (Å²) in [6, 6.07) is 29.4. The maximum Gasteiger partial charge on any atom is 0.215 e. The molecule has 0 aliphatic carbocycles. The predicted molar refractivity (Wildman–Crippen MR) is 153 cm³/mol. The van der Waals surface area contributed by atoms with Gasteiger partial charge in [0.1, 0.15) is 7.05 Å². The minimum atomic E-state index is 0.360. The van der Waals surface area contributed by atoms with Gasteiger partial charge in [0.15, 0.2) is 11.4 Å². The van der Waals surface area contributed by atoms with Crippen molar-refractivity contribution in [2.75, 3.05) is 0 Å². The van der Waals surface area contributed by atoms with Gasteiger partial charge in [0, 0.05) is 41.0 Å². The zero-order valence-corrected chi connectivity index (χ0v) is 21.4. The van der Waals surface area contributed by atoms with Crippen LogP contribution < -0.4 is 4.57 Å². The minimum Gasteiger partial charge on any atom is -0.309 e. The second kappa shape index (κ2) is 8.76. The highest BCUT2D eigenvalue weighted by atomic mass is 15.0. The molecule has 4 aromatic carbocycles. The van der Waals surface area contributed by atoms with E-state index in [4.69, 9.17) is 9.31 Å². The van der Waals surface area contributed by atoms with Crippen LogP contribution in [-0.4, -0.2) is 4.57 Å². The molecule has 0 aliphatic heterocycles. The largest absolute Gasteiger partial charge is 0.309 e. The fourth-order valence-corrected chi connectivity index (χ4v) is 5.45. The molecule has 3 nitrogen and oxygen atoms in total. The van der Waals surface area contributed by atoms with Crippen LogP contribution in [0, 0.1) is 27.3 Å². The molecule has 0 N–H and O–H groups in total. The number of hydrogen-bond acceptors (Lipinski definition) is 0. The van der Waals surface area contributed by atoms with Gasteiger partial charge in [-0.05, 0) is 42.7 Å². The van der Waals surface area contributed by atoms with Gasteiger partial charge < -0.3 is 4.57 Å². The molecule has 0 saturated carbocycles. The van der Waals surface area contributed by atoms with Crippen molar-refractivity contribution in [3.8, 4) is 28.1 Å². The molecular formula is C34H28N3+. The monoisotopic (exact) mass is 480 g/mol. The number of fused-ring (bicyclic) bond motifs is 3. The lowest BCUT2D eigenvalue weighted by atomic mass is 9.97. The average Bonchev–Trinajstić information content (AvgIpc) is 3.30. The van der Waals surface area contributed by atoms with Crippen LogP contribution in [0.5, 0.6) is 0 Å². The van der Waals surface area contributed by atoms with Gasteiger partial charge in [-0.2, -0.15) is 4.57 Å². The molecule has 2 aromatic heterocycles. The maximum atomic E-state index is 9.14. The summed E-state index contributed by atoms with van der Waals surface area (Å²) in [5.41, 5.74) is 9.74. The number of aromatic nitrogens is 2.